The highest BCUT2D eigenvalue weighted by atomic mass is 35.5. The molecule has 2 bridgehead atoms. The Morgan fingerprint density at radius 3 is 2.68 bits per heavy atom. The largest absolute Gasteiger partial charge is 0.327 e. The molecule has 4 atom stereocenters. The molecule has 2 fully saturated rings. The number of nitrogens with two attached hydrogens (primary N) is 1. The highest BCUT2D eigenvalue weighted by molar-refractivity contribution is 6.30. The average molecular weight is 301 g/mol. The van der Waals surface area contributed by atoms with E-state index in [9.17, 15) is 4.79 Å². The molecule has 2 saturated carbocycles. The van der Waals surface area contributed by atoms with E-state index in [-0.39, 0.29) is 30.3 Å². The second-order valence-electron chi connectivity index (χ2n) is 5.44. The topological polar surface area (TPSA) is 55.1 Å². The highest BCUT2D eigenvalue weighted by Crippen LogP contribution is 2.47. The maximum Gasteiger partial charge on any atom is 0.229 e. The fraction of sp³-hybridized carbons (Fsp3) is 0.500. The zero-order valence-corrected chi connectivity index (χ0v) is 12.1. The minimum Gasteiger partial charge on any atom is -0.327 e. The molecule has 1 aromatic carbocycles. The number of amides is 1. The van der Waals surface area contributed by atoms with E-state index in [1.165, 1.54) is 6.42 Å². The van der Waals surface area contributed by atoms with Crippen LogP contribution in [0.3, 0.4) is 0 Å². The van der Waals surface area contributed by atoms with Crippen LogP contribution in [0, 0.1) is 17.8 Å². The Morgan fingerprint density at radius 2 is 2.05 bits per heavy atom. The summed E-state index contributed by atoms with van der Waals surface area (Å²) in [7, 11) is 0. The van der Waals surface area contributed by atoms with E-state index in [1.54, 1.807) is 12.1 Å². The number of hydrogen-bond donors (Lipinski definition) is 2. The van der Waals surface area contributed by atoms with E-state index in [4.69, 9.17) is 17.3 Å². The van der Waals surface area contributed by atoms with Crippen molar-refractivity contribution in [2.75, 3.05) is 5.32 Å². The number of anilines is 1. The number of halogens is 2. The maximum absolute atomic E-state index is 12.3. The summed E-state index contributed by atoms with van der Waals surface area (Å²) in [5, 5.41) is 3.57. The molecule has 2 aliphatic carbocycles. The molecule has 3 N–H and O–H groups in total. The van der Waals surface area contributed by atoms with Crippen molar-refractivity contribution >= 4 is 35.6 Å². The Morgan fingerprint density at radius 1 is 1.32 bits per heavy atom. The summed E-state index contributed by atoms with van der Waals surface area (Å²) >= 11 is 5.90. The number of benzene rings is 1. The minimum absolute atomic E-state index is 0. The van der Waals surface area contributed by atoms with Gasteiger partial charge in [-0.1, -0.05) is 17.7 Å². The van der Waals surface area contributed by atoms with Gasteiger partial charge >= 0.3 is 0 Å². The van der Waals surface area contributed by atoms with Gasteiger partial charge < -0.3 is 11.1 Å². The first-order valence-electron chi connectivity index (χ1n) is 6.47. The quantitative estimate of drug-likeness (QED) is 0.882. The molecule has 1 aromatic rings. The third-order valence-corrected chi connectivity index (χ3v) is 4.61. The van der Waals surface area contributed by atoms with Gasteiger partial charge in [0.2, 0.25) is 5.91 Å². The fourth-order valence-electron chi connectivity index (χ4n) is 3.52. The van der Waals surface area contributed by atoms with Crippen molar-refractivity contribution in [3.8, 4) is 0 Å². The van der Waals surface area contributed by atoms with Crippen molar-refractivity contribution in [1.82, 2.24) is 0 Å². The van der Waals surface area contributed by atoms with Gasteiger partial charge in [0.15, 0.2) is 0 Å². The zero-order valence-electron chi connectivity index (χ0n) is 10.5. The van der Waals surface area contributed by atoms with E-state index in [0.29, 0.717) is 16.9 Å². The van der Waals surface area contributed by atoms with Crippen LogP contribution in [-0.2, 0) is 4.79 Å². The van der Waals surface area contributed by atoms with Gasteiger partial charge in [0, 0.05) is 16.8 Å². The predicted octanol–water partition coefficient (Wildman–Crippen LogP) is 3.07. The van der Waals surface area contributed by atoms with Crippen LogP contribution >= 0.6 is 24.0 Å². The first-order valence-corrected chi connectivity index (χ1v) is 6.85. The Labute approximate surface area is 124 Å². The standard InChI is InChI=1S/C14H17ClN2O.ClH/c15-10-2-1-3-11(7-10)17-14(18)12-8-4-5-9(6-8)13(12)16;/h1-3,7-9,12-13H,4-6,16H2,(H,17,18);1H. The summed E-state index contributed by atoms with van der Waals surface area (Å²) in [5.41, 5.74) is 6.91. The Hall–Kier alpha value is -0.770. The van der Waals surface area contributed by atoms with Crippen LogP contribution in [0.5, 0.6) is 0 Å². The number of nitrogens with one attached hydrogen (secondary N) is 1. The van der Waals surface area contributed by atoms with Gasteiger partial charge in [0.1, 0.15) is 0 Å². The molecule has 0 saturated heterocycles. The molecule has 0 radical (unpaired) electrons. The highest BCUT2D eigenvalue weighted by Gasteiger charge is 2.49. The van der Waals surface area contributed by atoms with Crippen molar-refractivity contribution in [3.63, 3.8) is 0 Å². The molecule has 3 rings (SSSR count). The lowest BCUT2D eigenvalue weighted by Gasteiger charge is -2.27. The van der Waals surface area contributed by atoms with Crippen molar-refractivity contribution in [3.05, 3.63) is 29.3 Å². The van der Waals surface area contributed by atoms with Gasteiger partial charge in [-0.05, 0) is 49.3 Å². The molecule has 0 aromatic heterocycles. The molecule has 0 spiro atoms. The maximum atomic E-state index is 12.3. The number of carbonyl (C=O) groups excluding carboxylic acids is 1. The fourth-order valence-corrected chi connectivity index (χ4v) is 3.71. The second kappa shape index (κ2) is 5.70. The minimum atomic E-state index is -0.0252. The van der Waals surface area contributed by atoms with Crippen molar-refractivity contribution in [2.24, 2.45) is 23.5 Å². The molecule has 104 valence electrons. The van der Waals surface area contributed by atoms with E-state index in [2.05, 4.69) is 5.32 Å². The van der Waals surface area contributed by atoms with Crippen molar-refractivity contribution in [2.45, 2.75) is 25.3 Å². The number of fused-ring (bicyclic) bond motifs is 2. The first-order chi connectivity index (χ1) is 8.65. The monoisotopic (exact) mass is 300 g/mol. The SMILES string of the molecule is Cl.NC1C2CCC(C2)C1C(=O)Nc1cccc(Cl)c1. The van der Waals surface area contributed by atoms with Crippen LogP contribution in [0.2, 0.25) is 5.02 Å². The summed E-state index contributed by atoms with van der Waals surface area (Å²) < 4.78 is 0. The van der Waals surface area contributed by atoms with Crippen LogP contribution < -0.4 is 11.1 Å². The van der Waals surface area contributed by atoms with Crippen LogP contribution in [-0.4, -0.2) is 11.9 Å². The number of hydrogen-bond acceptors (Lipinski definition) is 2. The first kappa shape index (κ1) is 14.6. The Bertz CT molecular complexity index is 478. The van der Waals surface area contributed by atoms with Gasteiger partial charge in [-0.25, -0.2) is 0 Å². The lowest BCUT2D eigenvalue weighted by atomic mass is 9.84. The summed E-state index contributed by atoms with van der Waals surface area (Å²) in [4.78, 5) is 12.3. The van der Waals surface area contributed by atoms with Gasteiger partial charge in [-0.2, -0.15) is 0 Å². The van der Waals surface area contributed by atoms with Crippen molar-refractivity contribution in [1.29, 1.82) is 0 Å². The smallest absolute Gasteiger partial charge is 0.229 e. The van der Waals surface area contributed by atoms with Crippen LogP contribution in [0.15, 0.2) is 24.3 Å². The normalized spacial score (nSPS) is 31.9. The van der Waals surface area contributed by atoms with Crippen molar-refractivity contribution < 1.29 is 4.79 Å². The molecule has 0 aliphatic heterocycles. The summed E-state index contributed by atoms with van der Waals surface area (Å²) in [6.07, 6.45) is 3.45. The van der Waals surface area contributed by atoms with E-state index < -0.39 is 0 Å². The second-order valence-corrected chi connectivity index (χ2v) is 5.87. The molecule has 3 nitrogen and oxygen atoms in total. The van der Waals surface area contributed by atoms with Gasteiger partial charge in [-0.3, -0.25) is 4.79 Å². The van der Waals surface area contributed by atoms with Gasteiger partial charge in [-0.15, -0.1) is 12.4 Å². The molecule has 19 heavy (non-hydrogen) atoms. The summed E-state index contributed by atoms with van der Waals surface area (Å²) in [6, 6.07) is 7.27. The Kier molecular flexibility index (Phi) is 4.39. The number of carbonyl (C=O) groups is 1. The van der Waals surface area contributed by atoms with Crippen LogP contribution in [0.25, 0.3) is 0 Å². The number of rotatable bonds is 2. The third kappa shape index (κ3) is 2.73. The molecule has 1 amide bonds. The molecule has 4 unspecified atom stereocenters. The van der Waals surface area contributed by atoms with E-state index >= 15 is 0 Å². The Balaban J connectivity index is 0.00000133. The van der Waals surface area contributed by atoms with Gasteiger partial charge in [0.25, 0.3) is 0 Å². The average Bonchev–Trinajstić information content (AvgIpc) is 2.89. The van der Waals surface area contributed by atoms with Crippen LogP contribution in [0.4, 0.5) is 5.69 Å². The molecule has 5 heteroatoms. The van der Waals surface area contributed by atoms with E-state index in [1.807, 2.05) is 12.1 Å². The van der Waals surface area contributed by atoms with Gasteiger partial charge in [0.05, 0.1) is 5.92 Å². The summed E-state index contributed by atoms with van der Waals surface area (Å²) in [6.45, 7) is 0. The van der Waals surface area contributed by atoms with E-state index in [0.717, 1.165) is 18.5 Å². The molecular formula is C14H18Cl2N2O. The summed E-state index contributed by atoms with van der Waals surface area (Å²) in [5.74, 6) is 1.05. The predicted molar refractivity (Wildman–Crippen MR) is 79.6 cm³/mol. The molecular weight excluding hydrogens is 283 g/mol. The zero-order chi connectivity index (χ0) is 12.7. The lowest BCUT2D eigenvalue weighted by Crippen LogP contribution is -2.42. The van der Waals surface area contributed by atoms with Crippen LogP contribution in [0.1, 0.15) is 19.3 Å². The molecule has 0 heterocycles. The third-order valence-electron chi connectivity index (χ3n) is 4.38. The molecule has 2 aliphatic rings. The lowest BCUT2D eigenvalue weighted by molar-refractivity contribution is -0.121.